The fourth-order valence-corrected chi connectivity index (χ4v) is 3.00. The maximum atomic E-state index is 14.1. The molecule has 0 unspecified atom stereocenters. The lowest BCUT2D eigenvalue weighted by molar-refractivity contribution is -0.127. The summed E-state index contributed by atoms with van der Waals surface area (Å²) in [5.74, 6) is -0.360. The van der Waals surface area contributed by atoms with E-state index < -0.39 is 5.82 Å². The van der Waals surface area contributed by atoms with Crippen molar-refractivity contribution in [2.24, 2.45) is 5.92 Å². The standard InChI is InChI=1S/C18H26FN3O2/c1-18(2,3)21-17(24)12-6-8-22(9-7-12)10-13-14(11-23)16(20)5-4-15(13)19/h4-5,11-12H,6-10,20H2,1-3H3,(H,21,24). The third-order valence-electron chi connectivity index (χ3n) is 4.29. The molecular formula is C18H26FN3O2. The number of piperidine rings is 1. The van der Waals surface area contributed by atoms with Crippen LogP contribution in [-0.4, -0.2) is 35.7 Å². The number of nitrogen functional groups attached to an aromatic ring is 1. The van der Waals surface area contributed by atoms with Crippen molar-refractivity contribution >= 4 is 17.9 Å². The number of nitrogens with two attached hydrogens (primary N) is 1. The molecular weight excluding hydrogens is 309 g/mol. The Morgan fingerprint density at radius 1 is 1.38 bits per heavy atom. The number of carbonyl (C=O) groups excluding carboxylic acids is 2. The van der Waals surface area contributed by atoms with E-state index in [0.29, 0.717) is 37.2 Å². The van der Waals surface area contributed by atoms with Gasteiger partial charge < -0.3 is 11.1 Å². The lowest BCUT2D eigenvalue weighted by Crippen LogP contribution is -2.46. The number of aldehydes is 1. The summed E-state index contributed by atoms with van der Waals surface area (Å²) in [7, 11) is 0. The van der Waals surface area contributed by atoms with E-state index in [1.807, 2.05) is 20.8 Å². The van der Waals surface area contributed by atoms with Crippen molar-refractivity contribution < 1.29 is 14.0 Å². The summed E-state index contributed by atoms with van der Waals surface area (Å²) in [6.45, 7) is 7.60. The number of hydrogen-bond acceptors (Lipinski definition) is 4. The van der Waals surface area contributed by atoms with Crippen LogP contribution in [0, 0.1) is 11.7 Å². The maximum absolute atomic E-state index is 14.1. The molecule has 0 spiro atoms. The van der Waals surface area contributed by atoms with E-state index in [1.165, 1.54) is 12.1 Å². The molecule has 3 N–H and O–H groups in total. The van der Waals surface area contributed by atoms with Gasteiger partial charge in [-0.25, -0.2) is 4.39 Å². The van der Waals surface area contributed by atoms with E-state index in [1.54, 1.807) is 0 Å². The lowest BCUT2D eigenvalue weighted by atomic mass is 9.94. The number of hydrogen-bond donors (Lipinski definition) is 2. The van der Waals surface area contributed by atoms with E-state index in [2.05, 4.69) is 10.2 Å². The summed E-state index contributed by atoms with van der Waals surface area (Å²) in [5, 5.41) is 3.01. The van der Waals surface area contributed by atoms with E-state index >= 15 is 0 Å². The summed E-state index contributed by atoms with van der Waals surface area (Å²) >= 11 is 0. The van der Waals surface area contributed by atoms with Crippen LogP contribution in [0.5, 0.6) is 0 Å². The molecule has 2 rings (SSSR count). The molecule has 132 valence electrons. The Kier molecular flexibility index (Phi) is 5.59. The molecule has 1 aliphatic rings. The predicted molar refractivity (Wildman–Crippen MR) is 92.1 cm³/mol. The van der Waals surface area contributed by atoms with Crippen molar-refractivity contribution in [2.45, 2.75) is 45.7 Å². The van der Waals surface area contributed by atoms with Gasteiger partial charge >= 0.3 is 0 Å². The van der Waals surface area contributed by atoms with Crippen LogP contribution in [0.1, 0.15) is 49.5 Å². The molecule has 6 heteroatoms. The minimum absolute atomic E-state index is 0.0169. The van der Waals surface area contributed by atoms with E-state index in [0.717, 1.165) is 12.8 Å². The van der Waals surface area contributed by atoms with Crippen molar-refractivity contribution in [1.82, 2.24) is 10.2 Å². The first kappa shape index (κ1) is 18.4. The van der Waals surface area contributed by atoms with Crippen LogP contribution in [0.15, 0.2) is 12.1 Å². The second-order valence-electron chi connectivity index (χ2n) is 7.44. The number of rotatable bonds is 4. The zero-order chi connectivity index (χ0) is 17.9. The largest absolute Gasteiger partial charge is 0.398 e. The van der Waals surface area contributed by atoms with Gasteiger partial charge in [0.1, 0.15) is 5.82 Å². The Morgan fingerprint density at radius 2 is 2.00 bits per heavy atom. The van der Waals surface area contributed by atoms with Gasteiger partial charge in [0.15, 0.2) is 6.29 Å². The van der Waals surface area contributed by atoms with Gasteiger partial charge in [-0.05, 0) is 58.8 Å². The van der Waals surface area contributed by atoms with Crippen molar-refractivity contribution in [3.63, 3.8) is 0 Å². The monoisotopic (exact) mass is 335 g/mol. The van der Waals surface area contributed by atoms with Crippen LogP contribution in [0.25, 0.3) is 0 Å². The third-order valence-corrected chi connectivity index (χ3v) is 4.29. The van der Waals surface area contributed by atoms with Gasteiger partial charge in [-0.3, -0.25) is 14.5 Å². The number of nitrogens with zero attached hydrogens (tertiary/aromatic N) is 1. The number of halogens is 1. The molecule has 0 bridgehead atoms. The molecule has 1 amide bonds. The van der Waals surface area contributed by atoms with Gasteiger partial charge in [-0.1, -0.05) is 0 Å². The number of benzene rings is 1. The van der Waals surface area contributed by atoms with E-state index in [9.17, 15) is 14.0 Å². The first-order chi connectivity index (χ1) is 11.2. The van der Waals surface area contributed by atoms with Crippen LogP contribution in [0.2, 0.25) is 0 Å². The molecule has 0 atom stereocenters. The molecule has 1 aromatic carbocycles. The zero-order valence-electron chi connectivity index (χ0n) is 14.6. The maximum Gasteiger partial charge on any atom is 0.223 e. The Hall–Kier alpha value is -1.95. The van der Waals surface area contributed by atoms with Gasteiger partial charge in [-0.2, -0.15) is 0 Å². The van der Waals surface area contributed by atoms with Crippen molar-refractivity contribution in [2.75, 3.05) is 18.8 Å². The van der Waals surface area contributed by atoms with Gasteiger partial charge in [0.2, 0.25) is 5.91 Å². The average Bonchev–Trinajstić information content (AvgIpc) is 2.50. The van der Waals surface area contributed by atoms with Crippen LogP contribution in [0.3, 0.4) is 0 Å². The minimum atomic E-state index is -0.418. The number of nitrogens with one attached hydrogen (secondary N) is 1. The average molecular weight is 335 g/mol. The SMILES string of the molecule is CC(C)(C)NC(=O)C1CCN(Cc2c(F)ccc(N)c2C=O)CC1. The number of carbonyl (C=O) groups is 2. The molecule has 5 nitrogen and oxygen atoms in total. The Balaban J connectivity index is 1.98. The molecule has 1 saturated heterocycles. The smallest absolute Gasteiger partial charge is 0.223 e. The molecule has 1 aliphatic heterocycles. The highest BCUT2D eigenvalue weighted by Gasteiger charge is 2.28. The summed E-state index contributed by atoms with van der Waals surface area (Å²) in [5.41, 5.74) is 6.37. The van der Waals surface area contributed by atoms with E-state index in [-0.39, 0.29) is 22.9 Å². The molecule has 0 saturated carbocycles. The van der Waals surface area contributed by atoms with Crippen molar-refractivity contribution in [3.8, 4) is 0 Å². The summed E-state index contributed by atoms with van der Waals surface area (Å²) in [6, 6.07) is 2.70. The summed E-state index contributed by atoms with van der Waals surface area (Å²) in [6.07, 6.45) is 2.06. The molecule has 0 aromatic heterocycles. The van der Waals surface area contributed by atoms with Gasteiger partial charge in [0.25, 0.3) is 0 Å². The van der Waals surface area contributed by atoms with E-state index in [4.69, 9.17) is 5.73 Å². The highest BCUT2D eigenvalue weighted by atomic mass is 19.1. The van der Waals surface area contributed by atoms with Crippen molar-refractivity contribution in [3.05, 3.63) is 29.1 Å². The van der Waals surface area contributed by atoms with Gasteiger partial charge in [0, 0.05) is 34.8 Å². The third kappa shape index (κ3) is 4.54. The highest BCUT2D eigenvalue weighted by molar-refractivity contribution is 5.85. The number of anilines is 1. The fraction of sp³-hybridized carbons (Fsp3) is 0.556. The highest BCUT2D eigenvalue weighted by Crippen LogP contribution is 2.24. The molecule has 0 radical (unpaired) electrons. The molecule has 1 fully saturated rings. The first-order valence-electron chi connectivity index (χ1n) is 8.27. The lowest BCUT2D eigenvalue weighted by Gasteiger charge is -2.33. The number of likely N-dealkylation sites (tertiary alicyclic amines) is 1. The zero-order valence-corrected chi connectivity index (χ0v) is 14.6. The molecule has 1 heterocycles. The fourth-order valence-electron chi connectivity index (χ4n) is 3.00. The normalized spacial score (nSPS) is 16.8. The van der Waals surface area contributed by atoms with Crippen molar-refractivity contribution in [1.29, 1.82) is 0 Å². The Bertz CT molecular complexity index is 617. The Morgan fingerprint density at radius 3 is 2.54 bits per heavy atom. The van der Waals surface area contributed by atoms with Crippen LogP contribution >= 0.6 is 0 Å². The van der Waals surface area contributed by atoms with Crippen LogP contribution in [0.4, 0.5) is 10.1 Å². The van der Waals surface area contributed by atoms with Gasteiger partial charge in [0.05, 0.1) is 0 Å². The first-order valence-corrected chi connectivity index (χ1v) is 8.27. The Labute approximate surface area is 142 Å². The molecule has 24 heavy (non-hydrogen) atoms. The quantitative estimate of drug-likeness (QED) is 0.654. The molecule has 1 aromatic rings. The predicted octanol–water partition coefficient (Wildman–Crippen LogP) is 2.35. The number of amides is 1. The van der Waals surface area contributed by atoms with Crippen LogP contribution < -0.4 is 11.1 Å². The minimum Gasteiger partial charge on any atom is -0.398 e. The summed E-state index contributed by atoms with van der Waals surface area (Å²) < 4.78 is 14.1. The second-order valence-corrected chi connectivity index (χ2v) is 7.44. The van der Waals surface area contributed by atoms with Gasteiger partial charge in [-0.15, -0.1) is 0 Å². The molecule has 0 aliphatic carbocycles. The second kappa shape index (κ2) is 7.30. The summed E-state index contributed by atoms with van der Waals surface area (Å²) in [4.78, 5) is 25.5. The van der Waals surface area contributed by atoms with Crippen LogP contribution in [-0.2, 0) is 11.3 Å². The topological polar surface area (TPSA) is 75.4 Å².